The zero-order chi connectivity index (χ0) is 16.2. The van der Waals surface area contributed by atoms with E-state index in [1.54, 1.807) is 13.2 Å². The van der Waals surface area contributed by atoms with E-state index in [0.717, 1.165) is 35.4 Å². The Kier molecular flexibility index (Phi) is 5.39. The summed E-state index contributed by atoms with van der Waals surface area (Å²) < 4.78 is 48.3. The molecule has 22 heavy (non-hydrogen) atoms. The minimum Gasteiger partial charge on any atom is -0.384 e. The number of ether oxygens (including phenoxy) is 1. The van der Waals surface area contributed by atoms with Crippen LogP contribution in [0.1, 0.15) is 17.0 Å². The molecule has 0 atom stereocenters. The molecule has 2 aromatic rings. The number of hydrogen-bond acceptors (Lipinski definition) is 6. The number of nitrogens with zero attached hydrogens (tertiary/aromatic N) is 3. The van der Waals surface area contributed by atoms with Gasteiger partial charge in [0.25, 0.3) is 0 Å². The fraction of sp³-hybridized carbons (Fsp3) is 0.308. The van der Waals surface area contributed by atoms with E-state index < -0.39 is 17.3 Å². The maximum Gasteiger partial charge on any atom is 0.417 e. The second-order valence-corrected chi connectivity index (χ2v) is 6.21. The second kappa shape index (κ2) is 7.09. The lowest BCUT2D eigenvalue weighted by molar-refractivity contribution is -0.137. The molecule has 0 bridgehead atoms. The molecule has 116 valence electrons. The summed E-state index contributed by atoms with van der Waals surface area (Å²) in [6.07, 6.45) is -4.01. The highest BCUT2D eigenvalue weighted by Gasteiger charge is 2.33. The van der Waals surface area contributed by atoms with Crippen molar-refractivity contribution in [2.24, 2.45) is 0 Å². The van der Waals surface area contributed by atoms with Crippen molar-refractivity contribution < 1.29 is 17.9 Å². The average molecular weight is 345 g/mol. The van der Waals surface area contributed by atoms with Gasteiger partial charge in [-0.15, -0.1) is 0 Å². The van der Waals surface area contributed by atoms with Crippen LogP contribution >= 0.6 is 23.3 Å². The van der Waals surface area contributed by atoms with Crippen molar-refractivity contribution in [3.05, 3.63) is 35.2 Å². The number of hydrogen-bond donors (Lipinski definition) is 0. The standard InChI is InChI=1S/C13H10F3N3OS2/c1-20-5-4-11-18-12(22-19-11)21-9-3-2-8(7-17)10(6-9)13(14,15)16/h2-3,6H,4-5H2,1H3. The van der Waals surface area contributed by atoms with Crippen LogP contribution in [0.25, 0.3) is 0 Å². The van der Waals surface area contributed by atoms with E-state index in [-0.39, 0.29) is 0 Å². The first kappa shape index (κ1) is 16.7. The normalized spacial score (nSPS) is 11.4. The highest BCUT2D eigenvalue weighted by Crippen LogP contribution is 2.36. The topological polar surface area (TPSA) is 58.8 Å². The largest absolute Gasteiger partial charge is 0.417 e. The second-order valence-electron chi connectivity index (χ2n) is 4.14. The third kappa shape index (κ3) is 4.19. The summed E-state index contributed by atoms with van der Waals surface area (Å²) in [5, 5.41) is 8.76. The van der Waals surface area contributed by atoms with Crippen molar-refractivity contribution in [1.82, 2.24) is 9.36 Å². The zero-order valence-corrected chi connectivity index (χ0v) is 13.0. The van der Waals surface area contributed by atoms with E-state index in [4.69, 9.17) is 10.00 Å². The van der Waals surface area contributed by atoms with Gasteiger partial charge in [-0.1, -0.05) is 11.8 Å². The van der Waals surface area contributed by atoms with Crippen LogP contribution in [0, 0.1) is 11.3 Å². The molecule has 0 spiro atoms. The molecule has 2 rings (SSSR count). The van der Waals surface area contributed by atoms with Crippen molar-refractivity contribution >= 4 is 23.3 Å². The van der Waals surface area contributed by atoms with E-state index in [2.05, 4.69) is 9.36 Å². The predicted molar refractivity (Wildman–Crippen MR) is 75.8 cm³/mol. The first-order valence-electron chi connectivity index (χ1n) is 6.04. The van der Waals surface area contributed by atoms with E-state index in [9.17, 15) is 13.2 Å². The number of halogens is 3. The van der Waals surface area contributed by atoms with Crippen LogP contribution in [-0.4, -0.2) is 23.1 Å². The van der Waals surface area contributed by atoms with Crippen molar-refractivity contribution in [3.8, 4) is 6.07 Å². The zero-order valence-electron chi connectivity index (χ0n) is 11.3. The molecule has 0 radical (unpaired) electrons. The number of aromatic nitrogens is 2. The lowest BCUT2D eigenvalue weighted by atomic mass is 10.1. The fourth-order valence-electron chi connectivity index (χ4n) is 1.59. The summed E-state index contributed by atoms with van der Waals surface area (Å²) in [5.41, 5.74) is -1.33. The molecule has 0 fully saturated rings. The van der Waals surface area contributed by atoms with Gasteiger partial charge in [-0.2, -0.15) is 22.8 Å². The summed E-state index contributed by atoms with van der Waals surface area (Å²) in [6.45, 7) is 0.482. The van der Waals surface area contributed by atoms with Gasteiger partial charge in [-0.05, 0) is 29.7 Å². The van der Waals surface area contributed by atoms with Crippen molar-refractivity contribution in [3.63, 3.8) is 0 Å². The number of alkyl halides is 3. The molecular formula is C13H10F3N3OS2. The van der Waals surface area contributed by atoms with Crippen LogP contribution in [0.5, 0.6) is 0 Å². The SMILES string of the molecule is COCCc1nsc(Sc2ccc(C#N)c(C(F)(F)F)c2)n1. The van der Waals surface area contributed by atoms with E-state index in [1.807, 2.05) is 0 Å². The van der Waals surface area contributed by atoms with Gasteiger partial charge in [0, 0.05) is 18.4 Å². The highest BCUT2D eigenvalue weighted by molar-refractivity contribution is 8.01. The molecule has 9 heteroatoms. The van der Waals surface area contributed by atoms with Crippen molar-refractivity contribution in [2.45, 2.75) is 21.8 Å². The Morgan fingerprint density at radius 1 is 1.41 bits per heavy atom. The first-order chi connectivity index (χ1) is 10.4. The van der Waals surface area contributed by atoms with Gasteiger partial charge < -0.3 is 4.74 Å². The first-order valence-corrected chi connectivity index (χ1v) is 7.63. The minimum absolute atomic E-state index is 0.362. The monoisotopic (exact) mass is 345 g/mol. The molecule has 0 N–H and O–H groups in total. The fourth-order valence-corrected chi connectivity index (χ4v) is 3.27. The summed E-state index contributed by atoms with van der Waals surface area (Å²) in [5.74, 6) is 0.596. The molecule has 0 aliphatic rings. The van der Waals surface area contributed by atoms with Gasteiger partial charge in [0.2, 0.25) is 0 Å². The maximum absolute atomic E-state index is 12.9. The molecule has 0 amide bonds. The summed E-state index contributed by atoms with van der Waals surface area (Å²) in [7, 11) is 1.57. The maximum atomic E-state index is 12.9. The number of methoxy groups -OCH3 is 1. The lowest BCUT2D eigenvalue weighted by Crippen LogP contribution is -2.07. The Morgan fingerprint density at radius 3 is 2.82 bits per heavy atom. The predicted octanol–water partition coefficient (Wildman–Crippen LogP) is 3.77. The van der Waals surface area contributed by atoms with Gasteiger partial charge >= 0.3 is 6.18 Å². The van der Waals surface area contributed by atoms with Crippen LogP contribution in [-0.2, 0) is 17.3 Å². The summed E-state index contributed by atoms with van der Waals surface area (Å²) >= 11 is 2.20. The van der Waals surface area contributed by atoms with E-state index in [1.165, 1.54) is 6.07 Å². The van der Waals surface area contributed by atoms with Gasteiger partial charge in [0.1, 0.15) is 5.82 Å². The third-order valence-electron chi connectivity index (χ3n) is 2.60. The average Bonchev–Trinajstić information content (AvgIpc) is 2.91. The number of benzene rings is 1. The molecule has 0 saturated carbocycles. The van der Waals surface area contributed by atoms with E-state index in [0.29, 0.717) is 28.1 Å². The summed E-state index contributed by atoms with van der Waals surface area (Å²) in [4.78, 5) is 4.58. The Labute approximate surface area is 133 Å². The third-order valence-corrected chi connectivity index (χ3v) is 4.38. The molecule has 1 heterocycles. The quantitative estimate of drug-likeness (QED) is 0.826. The highest BCUT2D eigenvalue weighted by atomic mass is 32.2. The smallest absolute Gasteiger partial charge is 0.384 e. The molecule has 4 nitrogen and oxygen atoms in total. The number of rotatable bonds is 5. The van der Waals surface area contributed by atoms with Gasteiger partial charge in [-0.25, -0.2) is 4.98 Å². The van der Waals surface area contributed by atoms with Crippen LogP contribution in [0.3, 0.4) is 0 Å². The summed E-state index contributed by atoms with van der Waals surface area (Å²) in [6, 6.07) is 5.14. The molecule has 0 unspecified atom stereocenters. The van der Waals surface area contributed by atoms with Crippen molar-refractivity contribution in [1.29, 1.82) is 5.26 Å². The van der Waals surface area contributed by atoms with Gasteiger partial charge in [-0.3, -0.25) is 0 Å². The minimum atomic E-state index is -4.56. The molecule has 1 aromatic heterocycles. The molecule has 1 aromatic carbocycles. The lowest BCUT2D eigenvalue weighted by Gasteiger charge is -2.09. The Morgan fingerprint density at radius 2 is 2.18 bits per heavy atom. The Balaban J connectivity index is 2.20. The number of nitriles is 1. The van der Waals surface area contributed by atoms with Gasteiger partial charge in [0.05, 0.1) is 23.8 Å². The van der Waals surface area contributed by atoms with Gasteiger partial charge in [0.15, 0.2) is 4.34 Å². The Bertz CT molecular complexity index is 695. The van der Waals surface area contributed by atoms with Crippen LogP contribution in [0.15, 0.2) is 27.4 Å². The molecule has 0 aliphatic heterocycles. The van der Waals surface area contributed by atoms with Crippen LogP contribution in [0.2, 0.25) is 0 Å². The van der Waals surface area contributed by atoms with E-state index >= 15 is 0 Å². The van der Waals surface area contributed by atoms with Crippen LogP contribution in [0.4, 0.5) is 13.2 Å². The Hall–Kier alpha value is -1.63. The molecule has 0 saturated heterocycles. The molecule has 0 aliphatic carbocycles. The molecular weight excluding hydrogens is 335 g/mol. The van der Waals surface area contributed by atoms with Crippen LogP contribution < -0.4 is 0 Å². The van der Waals surface area contributed by atoms with Crippen molar-refractivity contribution in [2.75, 3.05) is 13.7 Å².